The number of sulfonamides is 1. The Labute approximate surface area is 224 Å². The molecule has 1 N–H and O–H groups in total. The zero-order valence-corrected chi connectivity index (χ0v) is 22.1. The average molecular weight is 590 g/mol. The van der Waals surface area contributed by atoms with E-state index in [4.69, 9.17) is 37.9 Å². The molecule has 0 aliphatic carbocycles. The van der Waals surface area contributed by atoms with Crippen LogP contribution in [0.2, 0.25) is 10.0 Å². The zero-order chi connectivity index (χ0) is 28.2. The molecule has 0 saturated heterocycles. The van der Waals surface area contributed by atoms with Crippen molar-refractivity contribution in [2.75, 3.05) is 13.7 Å². The number of hydrogen-bond donors (Lipinski definition) is 1. The average Bonchev–Trinajstić information content (AvgIpc) is 2.87. The van der Waals surface area contributed by atoms with Crippen molar-refractivity contribution < 1.29 is 26.7 Å². The number of aromatic nitrogens is 3. The van der Waals surface area contributed by atoms with Gasteiger partial charge in [-0.05, 0) is 30.7 Å². The number of nitrogens with one attached hydrogen (secondary N) is 1. The molecule has 0 aliphatic heterocycles. The number of nitriles is 1. The fourth-order valence-corrected chi connectivity index (χ4v) is 4.97. The largest absolute Gasteiger partial charge is 0.495 e. The Morgan fingerprint density at radius 1 is 1.18 bits per heavy atom. The minimum Gasteiger partial charge on any atom is -0.495 e. The third-order valence-corrected chi connectivity index (χ3v) is 7.08. The summed E-state index contributed by atoms with van der Waals surface area (Å²) in [7, 11) is -1.75. The van der Waals surface area contributed by atoms with Crippen molar-refractivity contribution >= 4 is 33.2 Å². The fourth-order valence-electron chi connectivity index (χ4n) is 3.17. The Morgan fingerprint density at radius 3 is 2.42 bits per heavy atom. The summed E-state index contributed by atoms with van der Waals surface area (Å²) in [6, 6.07) is 8.11. The summed E-state index contributed by atoms with van der Waals surface area (Å²) in [5.74, 6) is -0.121. The summed E-state index contributed by atoms with van der Waals surface area (Å²) in [4.78, 5) is 24.1. The number of halogens is 4. The van der Waals surface area contributed by atoms with Crippen molar-refractivity contribution in [1.29, 1.82) is 5.26 Å². The molecule has 1 heterocycles. The van der Waals surface area contributed by atoms with Gasteiger partial charge < -0.3 is 9.47 Å². The summed E-state index contributed by atoms with van der Waals surface area (Å²) in [5, 5.41) is 11.7. The quantitative estimate of drug-likeness (QED) is 0.353. The molecular formula is C22H19Cl2F2N5O6S. The van der Waals surface area contributed by atoms with Crippen LogP contribution in [0.4, 0.5) is 8.78 Å². The van der Waals surface area contributed by atoms with E-state index in [1.54, 1.807) is 0 Å². The molecule has 1 aromatic heterocycles. The molecule has 2 aromatic carbocycles. The van der Waals surface area contributed by atoms with Crippen LogP contribution < -0.4 is 25.4 Å². The summed E-state index contributed by atoms with van der Waals surface area (Å²) in [6.45, 7) is 0.0228. The number of methoxy groups -OCH3 is 1. The predicted octanol–water partition coefficient (Wildman–Crippen LogP) is 3.56. The second kappa shape index (κ2) is 11.9. The van der Waals surface area contributed by atoms with Gasteiger partial charge in [-0.3, -0.25) is 9.36 Å². The van der Waals surface area contributed by atoms with Crippen LogP contribution in [0.5, 0.6) is 17.2 Å². The van der Waals surface area contributed by atoms with E-state index in [2.05, 4.69) is 9.82 Å². The molecule has 0 unspecified atom stereocenters. The second-order valence-corrected chi connectivity index (χ2v) is 10.1. The van der Waals surface area contributed by atoms with E-state index in [9.17, 15) is 26.8 Å². The summed E-state index contributed by atoms with van der Waals surface area (Å²) >= 11 is 12.6. The van der Waals surface area contributed by atoms with Gasteiger partial charge in [-0.15, -0.1) is 0 Å². The highest BCUT2D eigenvalue weighted by Gasteiger charge is 2.23. The smallest absolute Gasteiger partial charge is 0.351 e. The number of rotatable bonds is 10. The molecular weight excluding hydrogens is 571 g/mol. The third kappa shape index (κ3) is 6.13. The number of alkyl halides is 2. The molecule has 0 spiro atoms. The number of unbranched alkanes of at least 4 members (excludes halogenated alkanes) is 1. The lowest BCUT2D eigenvalue weighted by atomic mass is 10.3. The van der Waals surface area contributed by atoms with Gasteiger partial charge in [-0.1, -0.05) is 23.2 Å². The maximum Gasteiger partial charge on any atom is 0.351 e. The van der Waals surface area contributed by atoms with Crippen molar-refractivity contribution in [2.45, 2.75) is 24.2 Å². The van der Waals surface area contributed by atoms with Gasteiger partial charge in [0.05, 0.1) is 28.9 Å². The topological polar surface area (TPSA) is 145 Å². The van der Waals surface area contributed by atoms with Gasteiger partial charge in [0, 0.05) is 26.1 Å². The number of hydrogen-bond acceptors (Lipinski definition) is 8. The van der Waals surface area contributed by atoms with Gasteiger partial charge >= 0.3 is 5.69 Å². The van der Waals surface area contributed by atoms with E-state index in [1.807, 2.05) is 6.07 Å². The van der Waals surface area contributed by atoms with Crippen molar-refractivity contribution in [2.24, 2.45) is 7.05 Å². The third-order valence-electron chi connectivity index (χ3n) is 5.04. The van der Waals surface area contributed by atoms with Gasteiger partial charge in [0.25, 0.3) is 12.0 Å². The van der Waals surface area contributed by atoms with Gasteiger partial charge in [0.15, 0.2) is 11.4 Å². The van der Waals surface area contributed by atoms with Crippen LogP contribution in [-0.2, 0) is 17.1 Å². The van der Waals surface area contributed by atoms with Crippen LogP contribution in [0.1, 0.15) is 25.0 Å². The van der Waals surface area contributed by atoms with Crippen molar-refractivity contribution in [3.8, 4) is 29.0 Å². The first kappa shape index (κ1) is 29.1. The molecule has 0 fully saturated rings. The van der Waals surface area contributed by atoms with Gasteiger partial charge in [0.1, 0.15) is 16.4 Å². The lowest BCUT2D eigenvalue weighted by Crippen LogP contribution is -2.41. The molecule has 202 valence electrons. The molecule has 3 aromatic rings. The number of benzene rings is 2. The number of ether oxygens (including phenoxy) is 2. The van der Waals surface area contributed by atoms with Crippen LogP contribution in [0.15, 0.2) is 44.8 Å². The molecule has 0 bridgehead atoms. The van der Waals surface area contributed by atoms with Crippen LogP contribution in [-0.4, -0.2) is 36.4 Å². The number of nitrogens with zero attached hydrogens (tertiary/aromatic N) is 4. The lowest BCUT2D eigenvalue weighted by Gasteiger charge is -2.15. The van der Waals surface area contributed by atoms with Gasteiger partial charge in [-0.25, -0.2) is 26.7 Å². The zero-order valence-electron chi connectivity index (χ0n) is 19.7. The first-order valence-corrected chi connectivity index (χ1v) is 12.9. The van der Waals surface area contributed by atoms with E-state index in [-0.39, 0.29) is 50.8 Å². The van der Waals surface area contributed by atoms with Crippen LogP contribution >= 0.6 is 23.2 Å². The van der Waals surface area contributed by atoms with E-state index >= 15 is 0 Å². The van der Waals surface area contributed by atoms with E-state index in [1.165, 1.54) is 25.3 Å². The highest BCUT2D eigenvalue weighted by Crippen LogP contribution is 2.39. The van der Waals surface area contributed by atoms with Crippen LogP contribution in [0.3, 0.4) is 0 Å². The van der Waals surface area contributed by atoms with Crippen LogP contribution in [0, 0.1) is 11.3 Å². The molecule has 38 heavy (non-hydrogen) atoms. The Bertz CT molecular complexity index is 1610. The molecule has 0 saturated carbocycles. The van der Waals surface area contributed by atoms with Crippen LogP contribution in [0.25, 0.3) is 5.69 Å². The minimum absolute atomic E-state index is 0.00265. The normalized spacial score (nSPS) is 11.4. The molecule has 0 radical (unpaired) electrons. The van der Waals surface area contributed by atoms with Crippen molar-refractivity contribution in [1.82, 2.24) is 19.1 Å². The Balaban J connectivity index is 2.00. The maximum absolute atomic E-state index is 13.2. The highest BCUT2D eigenvalue weighted by atomic mass is 35.5. The predicted molar refractivity (Wildman–Crippen MR) is 133 cm³/mol. The lowest BCUT2D eigenvalue weighted by molar-refractivity contribution is 0.140. The fraction of sp³-hybridized carbons (Fsp3) is 0.273. The molecule has 0 aliphatic rings. The summed E-state index contributed by atoms with van der Waals surface area (Å²) < 4.78 is 66.3. The molecule has 0 amide bonds. The van der Waals surface area contributed by atoms with Crippen molar-refractivity contribution in [3.05, 3.63) is 66.9 Å². The van der Waals surface area contributed by atoms with E-state index in [0.29, 0.717) is 15.7 Å². The van der Waals surface area contributed by atoms with E-state index in [0.717, 1.165) is 19.2 Å². The van der Waals surface area contributed by atoms with E-state index < -0.39 is 33.4 Å². The van der Waals surface area contributed by atoms with Gasteiger partial charge in [0.2, 0.25) is 10.0 Å². The van der Waals surface area contributed by atoms with Gasteiger partial charge in [-0.2, -0.15) is 15.0 Å². The highest BCUT2D eigenvalue weighted by molar-refractivity contribution is 7.89. The first-order valence-electron chi connectivity index (χ1n) is 10.6. The first-order chi connectivity index (χ1) is 17.9. The Hall–Kier alpha value is -3.51. The standard InChI is InChI=1S/C22H19Cl2F2N5O6S/c1-30-21(32)18(20(25)26)29-31(22(30)33)12-9-14(23)19(15(24)10-12)37-13-5-6-16(36-2)17(11-13)38(34,35)28-8-4-3-7-27/h5-6,9-11,20,28H,3-4,8H2,1-2H3. The second-order valence-electron chi connectivity index (χ2n) is 7.56. The van der Waals surface area contributed by atoms with Crippen molar-refractivity contribution in [3.63, 3.8) is 0 Å². The monoisotopic (exact) mass is 589 g/mol. The molecule has 3 rings (SSSR count). The molecule has 0 atom stereocenters. The molecule has 16 heteroatoms. The summed E-state index contributed by atoms with van der Waals surface area (Å²) in [5.41, 5.74) is -3.54. The minimum atomic E-state index is -4.05. The Kier molecular flexibility index (Phi) is 9.10. The summed E-state index contributed by atoms with van der Waals surface area (Å²) in [6.07, 6.45) is -2.77. The molecule has 11 nitrogen and oxygen atoms in total. The SMILES string of the molecule is COc1ccc(Oc2c(Cl)cc(-n3nc(C(F)F)c(=O)n(C)c3=O)cc2Cl)cc1S(=O)(=O)NCCCC#N. The Morgan fingerprint density at radius 2 is 1.84 bits per heavy atom. The maximum atomic E-state index is 13.2.